The minimum atomic E-state index is -0.341. The molecule has 4 heteroatoms. The molecular weight excluding hydrogens is 240 g/mol. The van der Waals surface area contributed by atoms with Crippen molar-refractivity contribution < 1.29 is 9.84 Å². The molecule has 1 aromatic carbocycles. The van der Waals surface area contributed by atoms with E-state index in [1.165, 1.54) is 0 Å². The number of rotatable bonds is 9. The minimum absolute atomic E-state index is 0.341. The van der Waals surface area contributed by atoms with Gasteiger partial charge in [0, 0.05) is 25.2 Å². The molecule has 0 amide bonds. The van der Waals surface area contributed by atoms with Crippen molar-refractivity contribution in [2.24, 2.45) is 0 Å². The molecule has 0 radical (unpaired) electrons. The lowest BCUT2D eigenvalue weighted by atomic mass is 10.2. The van der Waals surface area contributed by atoms with Gasteiger partial charge in [-0.2, -0.15) is 0 Å². The van der Waals surface area contributed by atoms with Crippen LogP contribution >= 0.6 is 0 Å². The van der Waals surface area contributed by atoms with Crippen LogP contribution in [-0.4, -0.2) is 49.9 Å². The van der Waals surface area contributed by atoms with E-state index in [4.69, 9.17) is 4.74 Å². The summed E-state index contributed by atoms with van der Waals surface area (Å²) >= 11 is 0. The normalized spacial score (nSPS) is 12.7. The molecule has 0 spiro atoms. The molecule has 0 aliphatic heterocycles. The molecular formula is C15H26N2O2. The molecule has 0 heterocycles. The summed E-state index contributed by atoms with van der Waals surface area (Å²) in [6.07, 6.45) is 0.746. The number of benzene rings is 1. The molecule has 0 aliphatic carbocycles. The van der Waals surface area contributed by atoms with Crippen molar-refractivity contribution >= 4 is 0 Å². The number of hydrogen-bond acceptors (Lipinski definition) is 4. The zero-order valence-electron chi connectivity index (χ0n) is 12.2. The molecule has 1 atom stereocenters. The van der Waals surface area contributed by atoms with Crippen LogP contribution in [0.3, 0.4) is 0 Å². The van der Waals surface area contributed by atoms with Gasteiger partial charge in [0.2, 0.25) is 0 Å². The number of nitrogens with one attached hydrogen (secondary N) is 1. The Hall–Kier alpha value is -1.10. The van der Waals surface area contributed by atoms with Gasteiger partial charge in [0.25, 0.3) is 0 Å². The van der Waals surface area contributed by atoms with Crippen molar-refractivity contribution in [3.8, 4) is 5.75 Å². The Morgan fingerprint density at radius 3 is 2.79 bits per heavy atom. The summed E-state index contributed by atoms with van der Waals surface area (Å²) in [6, 6.07) is 7.98. The van der Waals surface area contributed by atoms with Crippen molar-refractivity contribution in [3.05, 3.63) is 29.8 Å². The maximum Gasteiger partial charge on any atom is 0.123 e. The highest BCUT2D eigenvalue weighted by atomic mass is 16.5. The average molecular weight is 266 g/mol. The van der Waals surface area contributed by atoms with Crippen LogP contribution in [0.1, 0.15) is 18.9 Å². The average Bonchev–Trinajstić information content (AvgIpc) is 2.39. The van der Waals surface area contributed by atoms with Gasteiger partial charge >= 0.3 is 0 Å². The summed E-state index contributed by atoms with van der Waals surface area (Å²) in [4.78, 5) is 2.11. The summed E-state index contributed by atoms with van der Waals surface area (Å²) in [5.74, 6) is 0.896. The van der Waals surface area contributed by atoms with Crippen LogP contribution in [0.5, 0.6) is 5.75 Å². The highest BCUT2D eigenvalue weighted by Gasteiger charge is 2.10. The van der Waals surface area contributed by atoms with Crippen molar-refractivity contribution in [3.63, 3.8) is 0 Å². The molecule has 0 saturated carbocycles. The van der Waals surface area contributed by atoms with Crippen LogP contribution in [-0.2, 0) is 6.54 Å². The highest BCUT2D eigenvalue weighted by molar-refractivity contribution is 5.32. The van der Waals surface area contributed by atoms with Gasteiger partial charge in [0.1, 0.15) is 5.75 Å². The Kier molecular flexibility index (Phi) is 7.48. The molecule has 1 rings (SSSR count). The summed E-state index contributed by atoms with van der Waals surface area (Å²) < 4.78 is 5.33. The van der Waals surface area contributed by atoms with Crippen molar-refractivity contribution in [1.29, 1.82) is 0 Å². The van der Waals surface area contributed by atoms with Crippen LogP contribution in [0.2, 0.25) is 0 Å². The number of para-hydroxylation sites is 1. The fraction of sp³-hybridized carbons (Fsp3) is 0.600. The van der Waals surface area contributed by atoms with Gasteiger partial charge in [0.05, 0.1) is 13.2 Å². The van der Waals surface area contributed by atoms with Gasteiger partial charge in [-0.25, -0.2) is 0 Å². The molecule has 108 valence electrons. The zero-order chi connectivity index (χ0) is 14.1. The van der Waals surface area contributed by atoms with E-state index >= 15 is 0 Å². The van der Waals surface area contributed by atoms with Gasteiger partial charge in [0.15, 0.2) is 0 Å². The van der Waals surface area contributed by atoms with Gasteiger partial charge in [-0.3, -0.25) is 4.90 Å². The number of ether oxygens (including phenoxy) is 1. The first-order valence-electron chi connectivity index (χ1n) is 6.86. The monoisotopic (exact) mass is 266 g/mol. The van der Waals surface area contributed by atoms with Crippen LogP contribution in [0.4, 0.5) is 0 Å². The number of nitrogens with zero attached hydrogens (tertiary/aromatic N) is 1. The van der Waals surface area contributed by atoms with Crippen LogP contribution in [0.15, 0.2) is 24.3 Å². The fourth-order valence-electron chi connectivity index (χ4n) is 2.06. The molecule has 2 N–H and O–H groups in total. The Morgan fingerprint density at radius 1 is 1.37 bits per heavy atom. The number of methoxy groups -OCH3 is 1. The molecule has 0 saturated heterocycles. The first-order chi connectivity index (χ1) is 9.17. The molecule has 19 heavy (non-hydrogen) atoms. The van der Waals surface area contributed by atoms with E-state index in [-0.39, 0.29) is 6.10 Å². The zero-order valence-corrected chi connectivity index (χ0v) is 12.2. The second-order valence-corrected chi connectivity index (χ2v) is 4.87. The van der Waals surface area contributed by atoms with E-state index in [1.54, 1.807) is 7.11 Å². The quantitative estimate of drug-likeness (QED) is 0.665. The van der Waals surface area contributed by atoms with Gasteiger partial charge in [-0.15, -0.1) is 0 Å². The molecule has 0 bridgehead atoms. The predicted molar refractivity (Wildman–Crippen MR) is 78.5 cm³/mol. The number of likely N-dealkylation sites (N-methyl/N-ethyl adjacent to an activating group) is 1. The highest BCUT2D eigenvalue weighted by Crippen LogP contribution is 2.18. The summed E-state index contributed by atoms with van der Waals surface area (Å²) in [5.41, 5.74) is 1.14. The van der Waals surface area contributed by atoms with E-state index in [0.29, 0.717) is 13.1 Å². The Balaban J connectivity index is 2.39. The van der Waals surface area contributed by atoms with Crippen LogP contribution < -0.4 is 10.1 Å². The van der Waals surface area contributed by atoms with Crippen molar-refractivity contribution in [2.75, 3.05) is 33.8 Å². The number of hydrogen-bond donors (Lipinski definition) is 2. The van der Waals surface area contributed by atoms with Gasteiger partial charge in [-0.05, 0) is 26.1 Å². The first-order valence-corrected chi connectivity index (χ1v) is 6.86. The van der Waals surface area contributed by atoms with Crippen LogP contribution in [0, 0.1) is 0 Å². The molecule has 0 aromatic heterocycles. The Bertz CT molecular complexity index is 358. The number of aliphatic hydroxyl groups is 1. The van der Waals surface area contributed by atoms with Crippen molar-refractivity contribution in [1.82, 2.24) is 10.2 Å². The lowest BCUT2D eigenvalue weighted by Crippen LogP contribution is -2.36. The summed E-state index contributed by atoms with van der Waals surface area (Å²) in [7, 11) is 3.69. The van der Waals surface area contributed by atoms with Gasteiger partial charge < -0.3 is 15.2 Å². The van der Waals surface area contributed by atoms with E-state index in [1.807, 2.05) is 25.2 Å². The Labute approximate surface area is 116 Å². The van der Waals surface area contributed by atoms with E-state index < -0.39 is 0 Å². The van der Waals surface area contributed by atoms with E-state index in [2.05, 4.69) is 23.2 Å². The SMILES string of the molecule is CCCNCC(O)CN(C)Cc1ccccc1OC. The lowest BCUT2D eigenvalue weighted by Gasteiger charge is -2.21. The smallest absolute Gasteiger partial charge is 0.123 e. The lowest BCUT2D eigenvalue weighted by molar-refractivity contribution is 0.121. The van der Waals surface area contributed by atoms with Gasteiger partial charge in [-0.1, -0.05) is 25.1 Å². The third kappa shape index (κ3) is 6.05. The summed E-state index contributed by atoms with van der Waals surface area (Å²) in [6.45, 7) is 5.13. The number of aliphatic hydroxyl groups excluding tert-OH is 1. The standard InChI is InChI=1S/C15H26N2O2/c1-4-9-16-10-14(18)12-17(2)11-13-7-5-6-8-15(13)19-3/h5-8,14,16,18H,4,9-12H2,1-3H3. The topological polar surface area (TPSA) is 44.7 Å². The predicted octanol–water partition coefficient (Wildman–Crippen LogP) is 1.49. The minimum Gasteiger partial charge on any atom is -0.496 e. The summed E-state index contributed by atoms with van der Waals surface area (Å²) in [5, 5.41) is 13.1. The van der Waals surface area contributed by atoms with Crippen molar-refractivity contribution in [2.45, 2.75) is 26.0 Å². The van der Waals surface area contributed by atoms with E-state index in [9.17, 15) is 5.11 Å². The second-order valence-electron chi connectivity index (χ2n) is 4.87. The Morgan fingerprint density at radius 2 is 2.11 bits per heavy atom. The molecule has 0 fully saturated rings. The second kappa shape index (κ2) is 8.91. The molecule has 0 aliphatic rings. The third-order valence-electron chi connectivity index (χ3n) is 2.96. The molecule has 1 aromatic rings. The third-order valence-corrected chi connectivity index (χ3v) is 2.96. The maximum atomic E-state index is 9.92. The first kappa shape index (κ1) is 16.0. The molecule has 4 nitrogen and oxygen atoms in total. The fourth-order valence-corrected chi connectivity index (χ4v) is 2.06. The van der Waals surface area contributed by atoms with E-state index in [0.717, 1.165) is 30.8 Å². The maximum absolute atomic E-state index is 9.92. The van der Waals surface area contributed by atoms with Crippen LogP contribution in [0.25, 0.3) is 0 Å². The molecule has 1 unspecified atom stereocenters. The largest absolute Gasteiger partial charge is 0.496 e.